The molecule has 0 atom stereocenters. The molecule has 2 fully saturated rings. The first-order valence-electron chi connectivity index (χ1n) is 6.25. The molecule has 2 heterocycles. The van der Waals surface area contributed by atoms with Gasteiger partial charge in [-0.3, -0.25) is 15.0 Å². The Balaban J connectivity index is 1.57. The molecule has 2 aliphatic rings. The van der Waals surface area contributed by atoms with E-state index in [2.05, 4.69) is 15.5 Å². The van der Waals surface area contributed by atoms with Crippen LogP contribution in [0.3, 0.4) is 0 Å². The van der Waals surface area contributed by atoms with Gasteiger partial charge in [-0.2, -0.15) is 0 Å². The Bertz CT molecular complexity index is 513. The number of rotatable bonds is 3. The van der Waals surface area contributed by atoms with Crippen molar-refractivity contribution in [3.63, 3.8) is 0 Å². The zero-order chi connectivity index (χ0) is 13.4. The van der Waals surface area contributed by atoms with Gasteiger partial charge in [0.2, 0.25) is 11.0 Å². The molecule has 3 amide bonds. The van der Waals surface area contributed by atoms with Crippen LogP contribution in [0.15, 0.2) is 0 Å². The van der Waals surface area contributed by atoms with Crippen molar-refractivity contribution in [2.75, 3.05) is 25.1 Å². The molecule has 19 heavy (non-hydrogen) atoms. The summed E-state index contributed by atoms with van der Waals surface area (Å²) in [6.45, 7) is 3.12. The Hall–Kier alpha value is -1.70. The Morgan fingerprint density at radius 3 is 2.89 bits per heavy atom. The SMILES string of the molecule is Cc1nnc(NC(=O)N2CC(=O)N(CC3CC3)C2)s1. The van der Waals surface area contributed by atoms with E-state index in [9.17, 15) is 9.59 Å². The topological polar surface area (TPSA) is 78.4 Å². The van der Waals surface area contributed by atoms with Gasteiger partial charge in [0.25, 0.3) is 0 Å². The average Bonchev–Trinajstić information content (AvgIpc) is 2.97. The number of aromatic nitrogens is 2. The van der Waals surface area contributed by atoms with Crippen LogP contribution < -0.4 is 5.32 Å². The summed E-state index contributed by atoms with van der Waals surface area (Å²) in [5.41, 5.74) is 0. The van der Waals surface area contributed by atoms with E-state index in [4.69, 9.17) is 0 Å². The van der Waals surface area contributed by atoms with Crippen LogP contribution in [-0.2, 0) is 4.79 Å². The normalized spacial score (nSPS) is 19.1. The maximum absolute atomic E-state index is 12.0. The van der Waals surface area contributed by atoms with Gasteiger partial charge in [-0.15, -0.1) is 10.2 Å². The van der Waals surface area contributed by atoms with Crippen molar-refractivity contribution in [1.29, 1.82) is 0 Å². The third-order valence-corrected chi connectivity index (χ3v) is 3.98. The predicted molar refractivity (Wildman–Crippen MR) is 69.7 cm³/mol. The number of carbonyl (C=O) groups excluding carboxylic acids is 2. The standard InChI is InChI=1S/C11H15N5O2S/c1-7-13-14-10(19-7)12-11(18)16-5-9(17)15(6-16)4-8-2-3-8/h8H,2-6H2,1H3,(H,12,14,18). The molecule has 8 heteroatoms. The van der Waals surface area contributed by atoms with E-state index >= 15 is 0 Å². The first-order chi connectivity index (χ1) is 9.11. The fraction of sp³-hybridized carbons (Fsp3) is 0.636. The summed E-state index contributed by atoms with van der Waals surface area (Å²) < 4.78 is 0. The van der Waals surface area contributed by atoms with Gasteiger partial charge in [-0.05, 0) is 25.7 Å². The van der Waals surface area contributed by atoms with Gasteiger partial charge in [0, 0.05) is 6.54 Å². The fourth-order valence-corrected chi connectivity index (χ4v) is 2.60. The van der Waals surface area contributed by atoms with Crippen LogP contribution in [0.4, 0.5) is 9.93 Å². The van der Waals surface area contributed by atoms with Crippen molar-refractivity contribution in [3.8, 4) is 0 Å². The molecule has 0 aromatic carbocycles. The second-order valence-electron chi connectivity index (χ2n) is 4.96. The first kappa shape index (κ1) is 12.3. The number of aryl methyl sites for hydroxylation is 1. The summed E-state index contributed by atoms with van der Waals surface area (Å²) in [7, 11) is 0. The minimum atomic E-state index is -0.289. The molecule has 0 bridgehead atoms. The number of urea groups is 1. The number of hydrogen-bond acceptors (Lipinski definition) is 5. The highest BCUT2D eigenvalue weighted by molar-refractivity contribution is 7.15. The Morgan fingerprint density at radius 1 is 1.47 bits per heavy atom. The number of carbonyl (C=O) groups is 2. The van der Waals surface area contributed by atoms with Gasteiger partial charge >= 0.3 is 6.03 Å². The molecule has 1 aromatic heterocycles. The van der Waals surface area contributed by atoms with Crippen LogP contribution in [0.25, 0.3) is 0 Å². The highest BCUT2D eigenvalue weighted by Gasteiger charge is 2.34. The largest absolute Gasteiger partial charge is 0.325 e. The number of amides is 3. The van der Waals surface area contributed by atoms with Crippen molar-refractivity contribution >= 4 is 28.4 Å². The lowest BCUT2D eigenvalue weighted by molar-refractivity contribution is -0.126. The fourth-order valence-electron chi connectivity index (χ4n) is 2.02. The number of hydrogen-bond donors (Lipinski definition) is 1. The van der Waals surface area contributed by atoms with E-state index in [1.165, 1.54) is 29.1 Å². The van der Waals surface area contributed by atoms with Crippen molar-refractivity contribution in [2.45, 2.75) is 19.8 Å². The summed E-state index contributed by atoms with van der Waals surface area (Å²) in [6, 6.07) is -0.289. The molecule has 1 saturated carbocycles. The minimum absolute atomic E-state index is 0.0236. The Kier molecular flexibility index (Phi) is 3.09. The maximum Gasteiger partial charge on any atom is 0.325 e. The van der Waals surface area contributed by atoms with E-state index in [1.54, 1.807) is 4.90 Å². The van der Waals surface area contributed by atoms with Crippen LogP contribution in [0, 0.1) is 12.8 Å². The predicted octanol–water partition coefficient (Wildman–Crippen LogP) is 0.890. The Morgan fingerprint density at radius 2 is 2.26 bits per heavy atom. The summed E-state index contributed by atoms with van der Waals surface area (Å²) >= 11 is 1.32. The van der Waals surface area contributed by atoms with Gasteiger partial charge in [0.05, 0.1) is 6.67 Å². The molecule has 0 spiro atoms. The number of nitrogens with one attached hydrogen (secondary N) is 1. The monoisotopic (exact) mass is 281 g/mol. The van der Waals surface area contributed by atoms with Crippen LogP contribution >= 0.6 is 11.3 Å². The van der Waals surface area contributed by atoms with Gasteiger partial charge < -0.3 is 4.90 Å². The van der Waals surface area contributed by atoms with E-state index in [1.807, 2.05) is 6.92 Å². The highest BCUT2D eigenvalue weighted by Crippen LogP contribution is 2.30. The first-order valence-corrected chi connectivity index (χ1v) is 7.07. The van der Waals surface area contributed by atoms with Gasteiger partial charge in [0.15, 0.2) is 0 Å². The third-order valence-electron chi connectivity index (χ3n) is 3.22. The second-order valence-corrected chi connectivity index (χ2v) is 6.14. The van der Waals surface area contributed by atoms with Crippen LogP contribution in [-0.4, -0.2) is 51.7 Å². The lowest BCUT2D eigenvalue weighted by Crippen LogP contribution is -2.35. The van der Waals surface area contributed by atoms with E-state index < -0.39 is 0 Å². The van der Waals surface area contributed by atoms with E-state index in [0.29, 0.717) is 17.7 Å². The van der Waals surface area contributed by atoms with Crippen LogP contribution in [0.5, 0.6) is 0 Å². The molecule has 3 rings (SSSR count). The van der Waals surface area contributed by atoms with Crippen molar-refractivity contribution in [2.24, 2.45) is 5.92 Å². The molecule has 1 aliphatic carbocycles. The second kappa shape index (κ2) is 4.76. The lowest BCUT2D eigenvalue weighted by atomic mass is 10.4. The summed E-state index contributed by atoms with van der Waals surface area (Å²) in [5.74, 6) is 0.660. The molecule has 1 N–H and O–H groups in total. The number of anilines is 1. The molecule has 7 nitrogen and oxygen atoms in total. The Labute approximate surface area is 114 Å². The van der Waals surface area contributed by atoms with Crippen molar-refractivity contribution < 1.29 is 9.59 Å². The van der Waals surface area contributed by atoms with Gasteiger partial charge in [0.1, 0.15) is 11.6 Å². The summed E-state index contributed by atoms with van der Waals surface area (Å²) in [4.78, 5) is 27.0. The molecule has 1 aliphatic heterocycles. The zero-order valence-electron chi connectivity index (χ0n) is 10.6. The van der Waals surface area contributed by atoms with E-state index in [0.717, 1.165) is 11.6 Å². The van der Waals surface area contributed by atoms with Crippen LogP contribution in [0.1, 0.15) is 17.8 Å². The smallest absolute Gasteiger partial charge is 0.323 e. The maximum atomic E-state index is 12.0. The van der Waals surface area contributed by atoms with Gasteiger partial charge in [-0.25, -0.2) is 4.79 Å². The summed E-state index contributed by atoms with van der Waals surface area (Å²) in [5, 5.41) is 11.6. The molecule has 1 saturated heterocycles. The van der Waals surface area contributed by atoms with Crippen LogP contribution in [0.2, 0.25) is 0 Å². The molecule has 0 radical (unpaired) electrons. The molecular formula is C11H15N5O2S. The zero-order valence-corrected chi connectivity index (χ0v) is 11.4. The van der Waals surface area contributed by atoms with Crippen molar-refractivity contribution in [1.82, 2.24) is 20.0 Å². The number of nitrogens with zero attached hydrogens (tertiary/aromatic N) is 4. The summed E-state index contributed by atoms with van der Waals surface area (Å²) in [6.07, 6.45) is 2.39. The molecule has 1 aromatic rings. The van der Waals surface area contributed by atoms with E-state index in [-0.39, 0.29) is 18.5 Å². The quantitative estimate of drug-likeness (QED) is 0.892. The molecule has 102 valence electrons. The van der Waals surface area contributed by atoms with Crippen molar-refractivity contribution in [3.05, 3.63) is 5.01 Å². The molecule has 0 unspecified atom stereocenters. The third kappa shape index (κ3) is 2.83. The molecular weight excluding hydrogens is 266 g/mol. The average molecular weight is 281 g/mol. The van der Waals surface area contributed by atoms with Gasteiger partial charge in [-0.1, -0.05) is 11.3 Å². The minimum Gasteiger partial charge on any atom is -0.323 e. The lowest BCUT2D eigenvalue weighted by Gasteiger charge is -2.17. The highest BCUT2D eigenvalue weighted by atomic mass is 32.1.